The molecular weight excluding hydrogens is 208 g/mol. The number of benzene rings is 1. The quantitative estimate of drug-likeness (QED) is 0.839. The number of nitrogens with zero attached hydrogens (tertiary/aromatic N) is 1. The van der Waals surface area contributed by atoms with Crippen molar-refractivity contribution in [2.75, 3.05) is 19.6 Å². The molecule has 1 aliphatic rings. The van der Waals surface area contributed by atoms with E-state index in [4.69, 9.17) is 0 Å². The highest BCUT2D eigenvalue weighted by atomic mass is 15.2. The molecule has 0 aromatic heterocycles. The van der Waals surface area contributed by atoms with E-state index < -0.39 is 0 Å². The van der Waals surface area contributed by atoms with Crippen LogP contribution in [-0.4, -0.2) is 30.6 Å². The number of hydrogen-bond donors (Lipinski definition) is 1. The second kappa shape index (κ2) is 6.18. The average Bonchev–Trinajstić information content (AvgIpc) is 2.79. The molecule has 0 spiro atoms. The summed E-state index contributed by atoms with van der Waals surface area (Å²) in [7, 11) is 0. The third kappa shape index (κ3) is 3.55. The van der Waals surface area contributed by atoms with Crippen LogP contribution >= 0.6 is 0 Å². The molecule has 17 heavy (non-hydrogen) atoms. The minimum atomic E-state index is 0.755. The minimum Gasteiger partial charge on any atom is -0.311 e. The van der Waals surface area contributed by atoms with Crippen LogP contribution in [0.2, 0.25) is 0 Å². The van der Waals surface area contributed by atoms with Gasteiger partial charge in [-0.2, -0.15) is 0 Å². The van der Waals surface area contributed by atoms with Gasteiger partial charge >= 0.3 is 0 Å². The highest BCUT2D eigenvalue weighted by Gasteiger charge is 2.21. The van der Waals surface area contributed by atoms with Crippen LogP contribution in [0.4, 0.5) is 0 Å². The van der Waals surface area contributed by atoms with Crippen LogP contribution in [0.1, 0.15) is 30.9 Å². The molecular formula is C15H24N2. The van der Waals surface area contributed by atoms with E-state index in [0.717, 1.165) is 19.1 Å². The summed E-state index contributed by atoms with van der Waals surface area (Å²) in [6.07, 6.45) is 2.72. The Balaban J connectivity index is 1.74. The zero-order valence-corrected chi connectivity index (χ0v) is 11.1. The Morgan fingerprint density at radius 3 is 2.76 bits per heavy atom. The van der Waals surface area contributed by atoms with Gasteiger partial charge in [-0.3, -0.25) is 4.90 Å². The van der Waals surface area contributed by atoms with Crippen molar-refractivity contribution in [2.45, 2.75) is 39.3 Å². The standard InChI is InChI=1S/C15H24N2/c1-3-17-10-4-5-15(17)12-16-11-14-8-6-13(2)7-9-14/h6-9,15-16H,3-5,10-12H2,1-2H3/t15-/m0/s1. The summed E-state index contributed by atoms with van der Waals surface area (Å²) in [6, 6.07) is 9.56. The fourth-order valence-corrected chi connectivity index (χ4v) is 2.63. The van der Waals surface area contributed by atoms with Gasteiger partial charge in [0.15, 0.2) is 0 Å². The van der Waals surface area contributed by atoms with Crippen LogP contribution < -0.4 is 5.32 Å². The van der Waals surface area contributed by atoms with Gasteiger partial charge in [0, 0.05) is 19.1 Å². The van der Waals surface area contributed by atoms with E-state index in [1.807, 2.05) is 0 Å². The first-order chi connectivity index (χ1) is 8.29. The third-order valence-corrected chi connectivity index (χ3v) is 3.73. The lowest BCUT2D eigenvalue weighted by molar-refractivity contribution is 0.260. The number of likely N-dealkylation sites (tertiary alicyclic amines) is 1. The lowest BCUT2D eigenvalue weighted by Crippen LogP contribution is -2.37. The maximum atomic E-state index is 3.59. The molecule has 1 N–H and O–H groups in total. The zero-order valence-electron chi connectivity index (χ0n) is 11.1. The van der Waals surface area contributed by atoms with E-state index in [0.29, 0.717) is 0 Å². The molecule has 0 amide bonds. The molecule has 0 unspecified atom stereocenters. The Morgan fingerprint density at radius 2 is 2.06 bits per heavy atom. The maximum absolute atomic E-state index is 3.59. The van der Waals surface area contributed by atoms with Crippen molar-refractivity contribution in [3.05, 3.63) is 35.4 Å². The molecule has 1 aliphatic heterocycles. The van der Waals surface area contributed by atoms with Crippen molar-refractivity contribution in [1.29, 1.82) is 0 Å². The van der Waals surface area contributed by atoms with Gasteiger partial charge in [0.25, 0.3) is 0 Å². The van der Waals surface area contributed by atoms with Gasteiger partial charge in [0.2, 0.25) is 0 Å². The van der Waals surface area contributed by atoms with Crippen LogP contribution in [0, 0.1) is 6.92 Å². The normalized spacial score (nSPS) is 20.9. The van der Waals surface area contributed by atoms with Crippen LogP contribution in [-0.2, 0) is 6.54 Å². The summed E-state index contributed by atoms with van der Waals surface area (Å²) in [4.78, 5) is 2.59. The lowest BCUT2D eigenvalue weighted by Gasteiger charge is -2.23. The van der Waals surface area contributed by atoms with Gasteiger partial charge < -0.3 is 5.32 Å². The van der Waals surface area contributed by atoms with Crippen molar-refractivity contribution >= 4 is 0 Å². The monoisotopic (exact) mass is 232 g/mol. The Hall–Kier alpha value is -0.860. The van der Waals surface area contributed by atoms with E-state index in [1.165, 1.54) is 37.1 Å². The topological polar surface area (TPSA) is 15.3 Å². The molecule has 1 aromatic carbocycles. The fraction of sp³-hybridized carbons (Fsp3) is 0.600. The molecule has 2 heteroatoms. The summed E-state index contributed by atoms with van der Waals surface area (Å²) in [6.45, 7) is 8.99. The van der Waals surface area contributed by atoms with Crippen molar-refractivity contribution < 1.29 is 0 Å². The van der Waals surface area contributed by atoms with E-state index in [1.54, 1.807) is 0 Å². The predicted molar refractivity (Wildman–Crippen MR) is 73.2 cm³/mol. The van der Waals surface area contributed by atoms with E-state index in [2.05, 4.69) is 48.3 Å². The third-order valence-electron chi connectivity index (χ3n) is 3.73. The van der Waals surface area contributed by atoms with Gasteiger partial charge in [-0.25, -0.2) is 0 Å². The first-order valence-electron chi connectivity index (χ1n) is 6.80. The van der Waals surface area contributed by atoms with Gasteiger partial charge in [-0.1, -0.05) is 36.8 Å². The molecule has 94 valence electrons. The molecule has 1 saturated heterocycles. The first kappa shape index (κ1) is 12.6. The number of hydrogen-bond acceptors (Lipinski definition) is 2. The summed E-state index contributed by atoms with van der Waals surface area (Å²) >= 11 is 0. The van der Waals surface area contributed by atoms with Gasteiger partial charge in [0.1, 0.15) is 0 Å². The number of rotatable bonds is 5. The maximum Gasteiger partial charge on any atom is 0.0221 e. The molecule has 0 radical (unpaired) electrons. The summed E-state index contributed by atoms with van der Waals surface area (Å²) in [5, 5.41) is 3.59. The average molecular weight is 232 g/mol. The SMILES string of the molecule is CCN1CCC[C@H]1CNCc1ccc(C)cc1. The summed E-state index contributed by atoms with van der Waals surface area (Å²) < 4.78 is 0. The predicted octanol–water partition coefficient (Wildman–Crippen LogP) is 2.57. The Kier molecular flexibility index (Phi) is 4.57. The second-order valence-corrected chi connectivity index (χ2v) is 5.04. The fourth-order valence-electron chi connectivity index (χ4n) is 2.63. The van der Waals surface area contributed by atoms with Gasteiger partial charge in [-0.15, -0.1) is 0 Å². The largest absolute Gasteiger partial charge is 0.311 e. The Labute approximate surface area is 105 Å². The molecule has 1 heterocycles. The van der Waals surface area contributed by atoms with Crippen molar-refractivity contribution in [3.63, 3.8) is 0 Å². The zero-order chi connectivity index (χ0) is 12.1. The molecule has 1 aromatic rings. The molecule has 1 fully saturated rings. The second-order valence-electron chi connectivity index (χ2n) is 5.04. The molecule has 2 rings (SSSR count). The van der Waals surface area contributed by atoms with Crippen LogP contribution in [0.15, 0.2) is 24.3 Å². The number of likely N-dealkylation sites (N-methyl/N-ethyl adjacent to an activating group) is 1. The smallest absolute Gasteiger partial charge is 0.0221 e. The summed E-state index contributed by atoms with van der Waals surface area (Å²) in [5.74, 6) is 0. The minimum absolute atomic E-state index is 0.755. The van der Waals surface area contributed by atoms with Crippen molar-refractivity contribution in [3.8, 4) is 0 Å². The molecule has 2 nitrogen and oxygen atoms in total. The van der Waals surface area contributed by atoms with Crippen LogP contribution in [0.25, 0.3) is 0 Å². The molecule has 0 bridgehead atoms. The molecule has 0 saturated carbocycles. The van der Waals surface area contributed by atoms with E-state index in [9.17, 15) is 0 Å². The van der Waals surface area contributed by atoms with E-state index in [-0.39, 0.29) is 0 Å². The highest BCUT2D eigenvalue weighted by molar-refractivity contribution is 5.21. The summed E-state index contributed by atoms with van der Waals surface area (Å²) in [5.41, 5.74) is 2.72. The van der Waals surface area contributed by atoms with Crippen LogP contribution in [0.3, 0.4) is 0 Å². The van der Waals surface area contributed by atoms with Crippen LogP contribution in [0.5, 0.6) is 0 Å². The first-order valence-corrected chi connectivity index (χ1v) is 6.80. The Bertz CT molecular complexity index is 331. The number of aryl methyl sites for hydroxylation is 1. The highest BCUT2D eigenvalue weighted by Crippen LogP contribution is 2.15. The lowest BCUT2D eigenvalue weighted by atomic mass is 10.1. The van der Waals surface area contributed by atoms with E-state index >= 15 is 0 Å². The molecule has 0 aliphatic carbocycles. The molecule has 1 atom stereocenters. The van der Waals surface area contributed by atoms with Crippen molar-refractivity contribution in [2.24, 2.45) is 0 Å². The van der Waals surface area contributed by atoms with Gasteiger partial charge in [0.05, 0.1) is 0 Å². The Morgan fingerprint density at radius 1 is 1.29 bits per heavy atom. The van der Waals surface area contributed by atoms with Gasteiger partial charge in [-0.05, 0) is 38.4 Å². The van der Waals surface area contributed by atoms with Crippen molar-refractivity contribution in [1.82, 2.24) is 10.2 Å². The number of nitrogens with one attached hydrogen (secondary N) is 1.